The van der Waals surface area contributed by atoms with Crippen molar-refractivity contribution < 1.29 is 27.9 Å². The summed E-state index contributed by atoms with van der Waals surface area (Å²) in [6.45, 7) is 3.97. The second-order valence-electron chi connectivity index (χ2n) is 7.71. The number of carbonyl (C=O) groups is 3. The fourth-order valence-corrected chi connectivity index (χ4v) is 3.54. The number of anilines is 1. The average molecular weight is 474 g/mol. The van der Waals surface area contributed by atoms with Gasteiger partial charge in [-0.05, 0) is 77.7 Å². The van der Waals surface area contributed by atoms with E-state index in [1.54, 1.807) is 36.4 Å². The van der Waals surface area contributed by atoms with Crippen LogP contribution in [0, 0.1) is 11.6 Å². The average Bonchev–Trinajstić information content (AvgIpc) is 2.83. The zero-order chi connectivity index (χ0) is 24.9. The largest absolute Gasteiger partial charge is 0.489 e. The SMILES string of the molecule is C=CCc1cc(/C=C2\C(=O)NC(=O)N(c3ccc(F)cc3)C2=O)ccc1OCc1ccc(F)cc1. The van der Waals surface area contributed by atoms with Crippen LogP contribution in [0.3, 0.4) is 0 Å². The molecule has 1 N–H and O–H groups in total. The molecule has 1 heterocycles. The molecule has 4 rings (SSSR count). The Hall–Kier alpha value is -4.59. The Labute approximate surface area is 200 Å². The number of urea groups is 1. The van der Waals surface area contributed by atoms with Gasteiger partial charge in [0.2, 0.25) is 0 Å². The maximum absolute atomic E-state index is 13.3. The van der Waals surface area contributed by atoms with Crippen molar-refractivity contribution in [2.45, 2.75) is 13.0 Å². The van der Waals surface area contributed by atoms with Crippen LogP contribution in [0.4, 0.5) is 19.3 Å². The molecule has 0 unspecified atom stereocenters. The molecule has 0 saturated carbocycles. The van der Waals surface area contributed by atoms with Crippen LogP contribution < -0.4 is 15.0 Å². The van der Waals surface area contributed by atoms with Crippen LogP contribution in [0.25, 0.3) is 6.08 Å². The summed E-state index contributed by atoms with van der Waals surface area (Å²) in [5, 5.41) is 2.13. The standard InChI is InChI=1S/C27H20F2N2O4/c1-2-3-19-14-18(6-13-24(19)35-16-17-4-7-20(28)8-5-17)15-23-25(32)30-27(34)31(26(23)33)22-11-9-21(29)10-12-22/h2,4-15H,1,3,16H2,(H,30,32,34)/b23-15+. The highest BCUT2D eigenvalue weighted by Crippen LogP contribution is 2.26. The third kappa shape index (κ3) is 5.33. The van der Waals surface area contributed by atoms with Gasteiger partial charge in [-0.25, -0.2) is 18.5 Å². The van der Waals surface area contributed by atoms with E-state index in [0.29, 0.717) is 17.7 Å². The van der Waals surface area contributed by atoms with Gasteiger partial charge in [-0.2, -0.15) is 0 Å². The fourth-order valence-electron chi connectivity index (χ4n) is 3.54. The minimum Gasteiger partial charge on any atom is -0.489 e. The second-order valence-corrected chi connectivity index (χ2v) is 7.71. The zero-order valence-corrected chi connectivity index (χ0v) is 18.5. The minimum absolute atomic E-state index is 0.129. The van der Waals surface area contributed by atoms with E-state index in [-0.39, 0.29) is 23.7 Å². The first-order valence-electron chi connectivity index (χ1n) is 10.6. The third-order valence-electron chi connectivity index (χ3n) is 5.25. The van der Waals surface area contributed by atoms with E-state index in [1.165, 1.54) is 30.3 Å². The number of halogens is 2. The molecule has 0 spiro atoms. The Morgan fingerprint density at radius 3 is 2.23 bits per heavy atom. The van der Waals surface area contributed by atoms with Crippen molar-refractivity contribution in [2.75, 3.05) is 4.90 Å². The van der Waals surface area contributed by atoms with Crippen molar-refractivity contribution in [2.24, 2.45) is 0 Å². The number of nitrogens with one attached hydrogen (secondary N) is 1. The van der Waals surface area contributed by atoms with E-state index in [1.807, 2.05) is 0 Å². The first-order chi connectivity index (χ1) is 16.9. The highest BCUT2D eigenvalue weighted by Gasteiger charge is 2.36. The number of carbonyl (C=O) groups excluding carboxylic acids is 3. The summed E-state index contributed by atoms with van der Waals surface area (Å²) in [7, 11) is 0. The molecule has 35 heavy (non-hydrogen) atoms. The molecule has 8 heteroatoms. The highest BCUT2D eigenvalue weighted by molar-refractivity contribution is 6.39. The molecule has 3 aromatic rings. The molecule has 0 atom stereocenters. The number of allylic oxidation sites excluding steroid dienone is 1. The van der Waals surface area contributed by atoms with E-state index in [4.69, 9.17) is 4.74 Å². The van der Waals surface area contributed by atoms with E-state index < -0.39 is 23.7 Å². The summed E-state index contributed by atoms with van der Waals surface area (Å²) in [5.74, 6) is -1.95. The Morgan fingerprint density at radius 1 is 0.914 bits per heavy atom. The molecular formula is C27H20F2N2O4. The van der Waals surface area contributed by atoms with E-state index in [9.17, 15) is 23.2 Å². The van der Waals surface area contributed by atoms with Crippen LogP contribution in [0.2, 0.25) is 0 Å². The lowest BCUT2D eigenvalue weighted by Gasteiger charge is -2.26. The molecule has 4 amide bonds. The van der Waals surface area contributed by atoms with Crippen molar-refractivity contribution >= 4 is 29.6 Å². The van der Waals surface area contributed by atoms with Gasteiger partial charge in [0.25, 0.3) is 11.8 Å². The van der Waals surface area contributed by atoms with Crippen molar-refractivity contribution in [1.82, 2.24) is 5.32 Å². The fraction of sp³-hybridized carbons (Fsp3) is 0.0741. The maximum Gasteiger partial charge on any atom is 0.335 e. The number of rotatable bonds is 7. The molecule has 0 bridgehead atoms. The van der Waals surface area contributed by atoms with Gasteiger partial charge < -0.3 is 4.74 Å². The van der Waals surface area contributed by atoms with Gasteiger partial charge in [0.15, 0.2) is 0 Å². The Kier molecular flexibility index (Phi) is 6.82. The zero-order valence-electron chi connectivity index (χ0n) is 18.5. The number of amides is 4. The molecule has 0 aliphatic carbocycles. The monoisotopic (exact) mass is 474 g/mol. The van der Waals surface area contributed by atoms with Gasteiger partial charge in [-0.15, -0.1) is 6.58 Å². The first kappa shape index (κ1) is 23.6. The van der Waals surface area contributed by atoms with Crippen LogP contribution in [0.1, 0.15) is 16.7 Å². The van der Waals surface area contributed by atoms with Gasteiger partial charge in [0.1, 0.15) is 29.6 Å². The van der Waals surface area contributed by atoms with Gasteiger partial charge in [0.05, 0.1) is 5.69 Å². The molecule has 6 nitrogen and oxygen atoms in total. The number of imide groups is 2. The molecule has 176 valence electrons. The van der Waals surface area contributed by atoms with Crippen molar-refractivity contribution in [3.8, 4) is 5.75 Å². The smallest absolute Gasteiger partial charge is 0.335 e. The normalized spacial score (nSPS) is 14.7. The number of benzene rings is 3. The van der Waals surface area contributed by atoms with Crippen molar-refractivity contribution in [3.05, 3.63) is 113 Å². The van der Waals surface area contributed by atoms with Gasteiger partial charge in [0, 0.05) is 0 Å². The van der Waals surface area contributed by atoms with Gasteiger partial charge in [-0.1, -0.05) is 24.3 Å². The number of ether oxygens (including phenoxy) is 1. The maximum atomic E-state index is 13.3. The lowest BCUT2D eigenvalue weighted by Crippen LogP contribution is -2.54. The van der Waals surface area contributed by atoms with Crippen LogP contribution in [-0.4, -0.2) is 17.8 Å². The van der Waals surface area contributed by atoms with E-state index in [2.05, 4.69) is 11.9 Å². The lowest BCUT2D eigenvalue weighted by atomic mass is 10.0. The first-order valence-corrected chi connectivity index (χ1v) is 10.6. The summed E-state index contributed by atoms with van der Waals surface area (Å²) < 4.78 is 32.3. The number of hydrogen-bond acceptors (Lipinski definition) is 4. The molecule has 0 radical (unpaired) electrons. The second kappa shape index (κ2) is 10.1. The molecule has 0 aromatic heterocycles. The summed E-state index contributed by atoms with van der Waals surface area (Å²) in [6.07, 6.45) is 3.51. The van der Waals surface area contributed by atoms with Crippen LogP contribution in [0.15, 0.2) is 85.0 Å². The lowest BCUT2D eigenvalue weighted by molar-refractivity contribution is -0.122. The summed E-state index contributed by atoms with van der Waals surface area (Å²) in [4.78, 5) is 38.5. The Morgan fingerprint density at radius 2 is 1.57 bits per heavy atom. The summed E-state index contributed by atoms with van der Waals surface area (Å²) in [5.41, 5.74) is 1.95. The van der Waals surface area contributed by atoms with Crippen LogP contribution in [-0.2, 0) is 22.6 Å². The van der Waals surface area contributed by atoms with Crippen molar-refractivity contribution in [3.63, 3.8) is 0 Å². The number of hydrogen-bond donors (Lipinski definition) is 1. The van der Waals surface area contributed by atoms with Crippen LogP contribution in [0.5, 0.6) is 5.75 Å². The Bertz CT molecular complexity index is 1330. The molecular weight excluding hydrogens is 454 g/mol. The van der Waals surface area contributed by atoms with Crippen molar-refractivity contribution in [1.29, 1.82) is 0 Å². The third-order valence-corrected chi connectivity index (χ3v) is 5.25. The van der Waals surface area contributed by atoms with Gasteiger partial charge in [-0.3, -0.25) is 14.9 Å². The molecule has 1 saturated heterocycles. The Balaban J connectivity index is 1.60. The predicted octanol–water partition coefficient (Wildman–Crippen LogP) is 4.94. The molecule has 1 aliphatic rings. The predicted molar refractivity (Wildman–Crippen MR) is 126 cm³/mol. The molecule has 1 aliphatic heterocycles. The topological polar surface area (TPSA) is 75.7 Å². The summed E-state index contributed by atoms with van der Waals surface area (Å²) in [6, 6.07) is 14.9. The quantitative estimate of drug-likeness (QED) is 0.299. The minimum atomic E-state index is -0.916. The van der Waals surface area contributed by atoms with Gasteiger partial charge >= 0.3 is 6.03 Å². The van der Waals surface area contributed by atoms with E-state index >= 15 is 0 Å². The van der Waals surface area contributed by atoms with Crippen LogP contribution >= 0.6 is 0 Å². The molecule has 1 fully saturated rings. The summed E-state index contributed by atoms with van der Waals surface area (Å²) >= 11 is 0. The highest BCUT2D eigenvalue weighted by atomic mass is 19.1. The number of barbiturate groups is 1. The molecule has 3 aromatic carbocycles. The van der Waals surface area contributed by atoms with E-state index in [0.717, 1.165) is 28.2 Å². The number of nitrogens with zero attached hydrogens (tertiary/aromatic N) is 1.